The summed E-state index contributed by atoms with van der Waals surface area (Å²) in [6.45, 7) is 0.113. The second kappa shape index (κ2) is 7.68. The predicted octanol–water partition coefficient (Wildman–Crippen LogP) is 4.35. The second-order valence-electron chi connectivity index (χ2n) is 7.03. The van der Waals surface area contributed by atoms with Gasteiger partial charge in [-0.2, -0.15) is 0 Å². The van der Waals surface area contributed by atoms with Crippen LogP contribution in [0.3, 0.4) is 0 Å². The van der Waals surface area contributed by atoms with Crippen molar-refractivity contribution in [3.63, 3.8) is 0 Å². The van der Waals surface area contributed by atoms with Crippen molar-refractivity contribution < 1.29 is 17.9 Å². The molecule has 2 aliphatic rings. The van der Waals surface area contributed by atoms with E-state index >= 15 is 0 Å². The van der Waals surface area contributed by atoms with E-state index in [-0.39, 0.29) is 11.7 Å². The molecule has 0 atom stereocenters. The average Bonchev–Trinajstić information content (AvgIpc) is 2.99. The average molecular weight is 388 g/mol. The lowest BCUT2D eigenvalue weighted by Gasteiger charge is -2.18. The van der Waals surface area contributed by atoms with Gasteiger partial charge in [0.25, 0.3) is 10.0 Å². The summed E-state index contributed by atoms with van der Waals surface area (Å²) >= 11 is 0. The van der Waals surface area contributed by atoms with Crippen molar-refractivity contribution in [1.29, 1.82) is 0 Å². The van der Waals surface area contributed by atoms with Crippen LogP contribution in [-0.4, -0.2) is 21.3 Å². The zero-order chi connectivity index (χ0) is 18.7. The number of nitrogens with one attached hydrogen (secondary N) is 2. The van der Waals surface area contributed by atoms with Crippen molar-refractivity contribution in [2.45, 2.75) is 49.5 Å². The minimum atomic E-state index is -3.69. The monoisotopic (exact) mass is 388 g/mol. The minimum absolute atomic E-state index is 0.113. The molecule has 0 aromatic heterocycles. The molecule has 1 aliphatic carbocycles. The van der Waals surface area contributed by atoms with Crippen molar-refractivity contribution in [1.82, 2.24) is 0 Å². The second-order valence-corrected chi connectivity index (χ2v) is 8.71. The zero-order valence-corrected chi connectivity index (χ0v) is 15.9. The third-order valence-electron chi connectivity index (χ3n) is 5.02. The molecule has 7 heteroatoms. The molecule has 0 amide bonds. The maximum atomic E-state index is 12.6. The Bertz CT molecular complexity index is 889. The number of benzene rings is 2. The molecule has 2 N–H and O–H groups in total. The minimum Gasteiger partial charge on any atom is -0.454 e. The summed E-state index contributed by atoms with van der Waals surface area (Å²) in [5, 5.41) is 3.56. The highest BCUT2D eigenvalue weighted by atomic mass is 32.2. The van der Waals surface area contributed by atoms with E-state index in [0.29, 0.717) is 23.2 Å². The molecule has 1 fully saturated rings. The lowest BCUT2D eigenvalue weighted by atomic mass is 10.1. The molecule has 0 radical (unpaired) electrons. The van der Waals surface area contributed by atoms with Gasteiger partial charge in [-0.15, -0.1) is 0 Å². The summed E-state index contributed by atoms with van der Waals surface area (Å²) in [5.41, 5.74) is 1.55. The standard InChI is InChI=1S/C20H24N2O4S/c23-27(24,18-11-12-19-20(13-18)26-14-25-19)22-17-9-7-16(8-10-17)21-15-5-3-1-2-4-6-15/h7-13,15,21-22H,1-6,14H2. The van der Waals surface area contributed by atoms with Gasteiger partial charge < -0.3 is 14.8 Å². The summed E-state index contributed by atoms with van der Waals surface area (Å²) in [6, 6.07) is 12.5. The molecule has 27 heavy (non-hydrogen) atoms. The number of ether oxygens (including phenoxy) is 2. The Hall–Kier alpha value is -2.41. The number of fused-ring (bicyclic) bond motifs is 1. The Kier molecular flexibility index (Phi) is 5.11. The largest absolute Gasteiger partial charge is 0.454 e. The van der Waals surface area contributed by atoms with Gasteiger partial charge in [-0.05, 0) is 49.2 Å². The van der Waals surface area contributed by atoms with Gasteiger partial charge in [0, 0.05) is 23.5 Å². The van der Waals surface area contributed by atoms with E-state index in [2.05, 4.69) is 10.0 Å². The van der Waals surface area contributed by atoms with E-state index in [4.69, 9.17) is 9.47 Å². The van der Waals surface area contributed by atoms with E-state index in [1.165, 1.54) is 50.7 Å². The van der Waals surface area contributed by atoms with Gasteiger partial charge in [0.05, 0.1) is 4.90 Å². The van der Waals surface area contributed by atoms with Gasteiger partial charge in [-0.25, -0.2) is 8.42 Å². The van der Waals surface area contributed by atoms with Crippen molar-refractivity contribution in [3.05, 3.63) is 42.5 Å². The highest BCUT2D eigenvalue weighted by Gasteiger charge is 2.20. The van der Waals surface area contributed by atoms with E-state index in [1.807, 2.05) is 12.1 Å². The van der Waals surface area contributed by atoms with Gasteiger partial charge in [0.15, 0.2) is 11.5 Å². The highest BCUT2D eigenvalue weighted by molar-refractivity contribution is 7.92. The summed E-state index contributed by atoms with van der Waals surface area (Å²) in [6.07, 6.45) is 7.56. The van der Waals surface area contributed by atoms with E-state index in [9.17, 15) is 8.42 Å². The quantitative estimate of drug-likeness (QED) is 0.745. The molecule has 0 unspecified atom stereocenters. The fourth-order valence-electron chi connectivity index (χ4n) is 3.55. The molecular formula is C20H24N2O4S. The number of sulfonamides is 1. The van der Waals surface area contributed by atoms with Crippen LogP contribution in [-0.2, 0) is 10.0 Å². The normalized spacial score (nSPS) is 17.3. The van der Waals surface area contributed by atoms with Gasteiger partial charge >= 0.3 is 0 Å². The van der Waals surface area contributed by atoms with Gasteiger partial charge in [-0.1, -0.05) is 25.7 Å². The van der Waals surface area contributed by atoms with Crippen LogP contribution in [0.4, 0.5) is 11.4 Å². The number of hydrogen-bond donors (Lipinski definition) is 2. The molecule has 4 rings (SSSR count). The Balaban J connectivity index is 1.43. The van der Waals surface area contributed by atoms with Crippen molar-refractivity contribution in [2.75, 3.05) is 16.8 Å². The molecule has 0 saturated heterocycles. The van der Waals surface area contributed by atoms with Crippen LogP contribution in [0, 0.1) is 0 Å². The first kappa shape index (κ1) is 18.0. The lowest BCUT2D eigenvalue weighted by Crippen LogP contribution is -2.18. The fraction of sp³-hybridized carbons (Fsp3) is 0.400. The first-order valence-electron chi connectivity index (χ1n) is 9.39. The maximum Gasteiger partial charge on any atom is 0.262 e. The van der Waals surface area contributed by atoms with Gasteiger partial charge in [-0.3, -0.25) is 4.72 Å². The van der Waals surface area contributed by atoms with Crippen LogP contribution in [0.25, 0.3) is 0 Å². The van der Waals surface area contributed by atoms with Gasteiger partial charge in [0.1, 0.15) is 0 Å². The maximum absolute atomic E-state index is 12.6. The first-order chi connectivity index (χ1) is 13.1. The first-order valence-corrected chi connectivity index (χ1v) is 10.9. The van der Waals surface area contributed by atoms with Crippen LogP contribution in [0.5, 0.6) is 11.5 Å². The summed E-state index contributed by atoms with van der Waals surface area (Å²) in [7, 11) is -3.69. The zero-order valence-electron chi connectivity index (χ0n) is 15.1. The summed E-state index contributed by atoms with van der Waals surface area (Å²) in [5.74, 6) is 1.00. The van der Waals surface area contributed by atoms with Crippen molar-refractivity contribution >= 4 is 21.4 Å². The Labute approximate surface area is 159 Å². The van der Waals surface area contributed by atoms with Gasteiger partial charge in [0.2, 0.25) is 6.79 Å². The molecular weight excluding hydrogens is 364 g/mol. The Morgan fingerprint density at radius 1 is 0.815 bits per heavy atom. The third-order valence-corrected chi connectivity index (χ3v) is 6.40. The fourth-order valence-corrected chi connectivity index (χ4v) is 4.63. The van der Waals surface area contributed by atoms with Crippen molar-refractivity contribution in [3.8, 4) is 11.5 Å². The van der Waals surface area contributed by atoms with Crippen molar-refractivity contribution in [2.24, 2.45) is 0 Å². The summed E-state index contributed by atoms with van der Waals surface area (Å²) in [4.78, 5) is 0.146. The third kappa shape index (κ3) is 4.30. The molecule has 6 nitrogen and oxygen atoms in total. The van der Waals surface area contributed by atoms with Crippen LogP contribution in [0.1, 0.15) is 38.5 Å². The highest BCUT2D eigenvalue weighted by Crippen LogP contribution is 2.34. The molecule has 0 spiro atoms. The number of anilines is 2. The smallest absolute Gasteiger partial charge is 0.262 e. The van der Waals surface area contributed by atoms with E-state index in [0.717, 1.165) is 5.69 Å². The Morgan fingerprint density at radius 3 is 2.22 bits per heavy atom. The lowest BCUT2D eigenvalue weighted by molar-refractivity contribution is 0.174. The SMILES string of the molecule is O=S(=O)(Nc1ccc(NC2CCCCCC2)cc1)c1ccc2c(c1)OCO2. The molecule has 144 valence electrons. The molecule has 2 aromatic rings. The van der Waals surface area contributed by atoms with E-state index < -0.39 is 10.0 Å². The Morgan fingerprint density at radius 2 is 1.48 bits per heavy atom. The summed E-state index contributed by atoms with van der Waals surface area (Å²) < 4.78 is 38.3. The molecule has 1 aliphatic heterocycles. The van der Waals surface area contributed by atoms with Crippen LogP contribution in [0.2, 0.25) is 0 Å². The molecule has 1 saturated carbocycles. The van der Waals surface area contributed by atoms with Crippen LogP contribution in [0.15, 0.2) is 47.4 Å². The molecule has 0 bridgehead atoms. The van der Waals surface area contributed by atoms with E-state index in [1.54, 1.807) is 18.2 Å². The predicted molar refractivity (Wildman–Crippen MR) is 105 cm³/mol. The number of hydrogen-bond acceptors (Lipinski definition) is 5. The van der Waals surface area contributed by atoms with Crippen LogP contribution >= 0.6 is 0 Å². The molecule has 1 heterocycles. The number of rotatable bonds is 5. The topological polar surface area (TPSA) is 76.7 Å². The molecule has 2 aromatic carbocycles. The van der Waals surface area contributed by atoms with Crippen LogP contribution < -0.4 is 19.5 Å².